The maximum absolute atomic E-state index is 9.34. The fourth-order valence-corrected chi connectivity index (χ4v) is 2.25. The number of para-hydroxylation sites is 1. The van der Waals surface area contributed by atoms with Gasteiger partial charge < -0.3 is 14.8 Å². The van der Waals surface area contributed by atoms with E-state index in [1.54, 1.807) is 18.5 Å². The Labute approximate surface area is 110 Å². The molecule has 4 heteroatoms. The van der Waals surface area contributed by atoms with Gasteiger partial charge in [0.2, 0.25) is 0 Å². The summed E-state index contributed by atoms with van der Waals surface area (Å²) in [4.78, 5) is 4.43. The van der Waals surface area contributed by atoms with E-state index >= 15 is 0 Å². The number of aliphatic hydroxyl groups excluding tert-OH is 1. The summed E-state index contributed by atoms with van der Waals surface area (Å²) in [6, 6.07) is 13.0. The molecule has 4 nitrogen and oxygen atoms in total. The molecule has 1 heterocycles. The van der Waals surface area contributed by atoms with Crippen molar-refractivity contribution in [3.8, 4) is 16.9 Å². The molecule has 0 radical (unpaired) electrons. The van der Waals surface area contributed by atoms with Gasteiger partial charge in [0.25, 0.3) is 0 Å². The lowest BCUT2D eigenvalue weighted by molar-refractivity contribution is 0.278. The first kappa shape index (κ1) is 11.7. The minimum atomic E-state index is 0.0922. The molecule has 0 bridgehead atoms. The van der Waals surface area contributed by atoms with Gasteiger partial charge in [0.1, 0.15) is 5.75 Å². The summed E-state index contributed by atoms with van der Waals surface area (Å²) in [6.45, 7) is 0.629. The fraction of sp³-hybridized carbons (Fsp3) is 0.133. The van der Waals surface area contributed by atoms with Crippen molar-refractivity contribution < 1.29 is 10.2 Å². The number of rotatable bonds is 3. The largest absolute Gasteiger partial charge is 0.508 e. The van der Waals surface area contributed by atoms with Crippen LogP contribution in [0.3, 0.4) is 0 Å². The molecule has 2 N–H and O–H groups in total. The van der Waals surface area contributed by atoms with Crippen LogP contribution in [0.1, 0.15) is 0 Å². The van der Waals surface area contributed by atoms with E-state index < -0.39 is 0 Å². The number of nitrogens with zero attached hydrogens (tertiary/aromatic N) is 2. The average Bonchev–Trinajstić information content (AvgIpc) is 2.84. The van der Waals surface area contributed by atoms with Crippen molar-refractivity contribution in [3.05, 3.63) is 48.8 Å². The monoisotopic (exact) mass is 254 g/mol. The zero-order chi connectivity index (χ0) is 13.2. The Hall–Kier alpha value is -2.33. The quantitative estimate of drug-likeness (QED) is 0.754. The van der Waals surface area contributed by atoms with Gasteiger partial charge >= 0.3 is 0 Å². The summed E-state index contributed by atoms with van der Waals surface area (Å²) in [6.07, 6.45) is 1.74. The molecule has 0 aliphatic rings. The summed E-state index contributed by atoms with van der Waals surface area (Å²) in [5.41, 5.74) is 3.94. The van der Waals surface area contributed by atoms with E-state index in [9.17, 15) is 5.11 Å². The predicted molar refractivity (Wildman–Crippen MR) is 73.9 cm³/mol. The molecular weight excluding hydrogens is 240 g/mol. The summed E-state index contributed by atoms with van der Waals surface area (Å²) in [5, 5.41) is 18.4. The zero-order valence-corrected chi connectivity index (χ0v) is 10.3. The second-order valence-corrected chi connectivity index (χ2v) is 4.38. The molecule has 0 amide bonds. The van der Waals surface area contributed by atoms with E-state index in [0.29, 0.717) is 6.54 Å². The van der Waals surface area contributed by atoms with E-state index in [-0.39, 0.29) is 12.4 Å². The number of hydrogen-bond donors (Lipinski definition) is 2. The van der Waals surface area contributed by atoms with Crippen LogP contribution in [0.25, 0.3) is 22.2 Å². The van der Waals surface area contributed by atoms with Crippen molar-refractivity contribution in [2.75, 3.05) is 6.61 Å². The maximum Gasteiger partial charge on any atom is 0.115 e. The molecular formula is C15H14N2O2. The van der Waals surface area contributed by atoms with Gasteiger partial charge in [-0.15, -0.1) is 0 Å². The van der Waals surface area contributed by atoms with E-state index in [1.165, 1.54) is 0 Å². The van der Waals surface area contributed by atoms with Crippen LogP contribution in [-0.2, 0) is 6.54 Å². The van der Waals surface area contributed by atoms with Crippen molar-refractivity contribution in [3.63, 3.8) is 0 Å². The van der Waals surface area contributed by atoms with Crippen molar-refractivity contribution in [2.45, 2.75) is 6.54 Å². The summed E-state index contributed by atoms with van der Waals surface area (Å²) in [7, 11) is 0. The third kappa shape index (κ3) is 2.06. The highest BCUT2D eigenvalue weighted by atomic mass is 16.3. The Morgan fingerprint density at radius 1 is 1.05 bits per heavy atom. The number of hydrogen-bond acceptors (Lipinski definition) is 3. The third-order valence-electron chi connectivity index (χ3n) is 3.17. The van der Waals surface area contributed by atoms with Crippen LogP contribution in [0.15, 0.2) is 48.8 Å². The third-order valence-corrected chi connectivity index (χ3v) is 3.17. The van der Waals surface area contributed by atoms with Crippen LogP contribution in [0.4, 0.5) is 0 Å². The molecule has 3 rings (SSSR count). The van der Waals surface area contributed by atoms with Crippen molar-refractivity contribution in [1.29, 1.82) is 0 Å². The van der Waals surface area contributed by atoms with Gasteiger partial charge in [0.05, 0.1) is 24.0 Å². The van der Waals surface area contributed by atoms with Crippen molar-refractivity contribution in [1.82, 2.24) is 9.55 Å². The number of aliphatic hydroxyl groups is 1. The highest BCUT2D eigenvalue weighted by molar-refractivity contribution is 5.92. The number of phenols is 1. The average molecular weight is 254 g/mol. The molecule has 3 aromatic rings. The van der Waals surface area contributed by atoms with Crippen LogP contribution in [0, 0.1) is 0 Å². The summed E-state index contributed by atoms with van der Waals surface area (Å²) < 4.78 is 1.93. The Balaban J connectivity index is 2.16. The molecule has 0 aliphatic carbocycles. The molecule has 1 aromatic heterocycles. The molecule has 0 unspecified atom stereocenters. The Kier molecular flexibility index (Phi) is 2.93. The van der Waals surface area contributed by atoms with Crippen LogP contribution in [-0.4, -0.2) is 26.4 Å². The Morgan fingerprint density at radius 2 is 1.84 bits per heavy atom. The Bertz CT molecular complexity index is 702. The molecule has 96 valence electrons. The molecule has 0 atom stereocenters. The number of imidazole rings is 1. The van der Waals surface area contributed by atoms with Gasteiger partial charge in [-0.1, -0.05) is 24.3 Å². The first-order valence-corrected chi connectivity index (χ1v) is 6.14. The lowest BCUT2D eigenvalue weighted by Crippen LogP contribution is -1.99. The first-order valence-electron chi connectivity index (χ1n) is 6.14. The minimum Gasteiger partial charge on any atom is -0.508 e. The number of phenolic OH excluding ortho intramolecular Hbond substituents is 1. The number of aromatic hydroxyl groups is 1. The smallest absolute Gasteiger partial charge is 0.115 e. The SMILES string of the molecule is OCCn1cnc2c(-c3ccc(O)cc3)cccc21. The lowest BCUT2D eigenvalue weighted by atomic mass is 10.0. The predicted octanol–water partition coefficient (Wildman–Crippen LogP) is 2.40. The van der Waals surface area contributed by atoms with Gasteiger partial charge in [-0.05, 0) is 23.8 Å². The normalized spacial score (nSPS) is 11.0. The standard InChI is InChI=1S/C15H14N2O2/c18-9-8-17-10-16-15-13(2-1-3-14(15)17)11-4-6-12(19)7-5-11/h1-7,10,18-19H,8-9H2. The van der Waals surface area contributed by atoms with Gasteiger partial charge in [-0.2, -0.15) is 0 Å². The molecule has 0 fully saturated rings. The van der Waals surface area contributed by atoms with E-state index in [1.807, 2.05) is 34.9 Å². The highest BCUT2D eigenvalue weighted by Gasteiger charge is 2.08. The zero-order valence-electron chi connectivity index (χ0n) is 10.3. The van der Waals surface area contributed by atoms with E-state index in [4.69, 9.17) is 5.11 Å². The van der Waals surface area contributed by atoms with Crippen LogP contribution >= 0.6 is 0 Å². The summed E-state index contributed by atoms with van der Waals surface area (Å²) in [5.74, 6) is 0.252. The Morgan fingerprint density at radius 3 is 2.58 bits per heavy atom. The molecule has 19 heavy (non-hydrogen) atoms. The number of aromatic nitrogens is 2. The highest BCUT2D eigenvalue weighted by Crippen LogP contribution is 2.28. The molecule has 2 aromatic carbocycles. The lowest BCUT2D eigenvalue weighted by Gasteiger charge is -2.05. The van der Waals surface area contributed by atoms with Crippen molar-refractivity contribution >= 4 is 11.0 Å². The first-order chi connectivity index (χ1) is 9.29. The molecule has 0 saturated carbocycles. The maximum atomic E-state index is 9.34. The number of fused-ring (bicyclic) bond motifs is 1. The van der Waals surface area contributed by atoms with Gasteiger partial charge in [-0.25, -0.2) is 4.98 Å². The molecule has 0 saturated heterocycles. The van der Waals surface area contributed by atoms with Crippen LogP contribution < -0.4 is 0 Å². The van der Waals surface area contributed by atoms with E-state index in [0.717, 1.165) is 22.2 Å². The minimum absolute atomic E-state index is 0.0922. The number of benzene rings is 2. The molecule has 0 aliphatic heterocycles. The second-order valence-electron chi connectivity index (χ2n) is 4.38. The van der Waals surface area contributed by atoms with Crippen LogP contribution in [0.5, 0.6) is 5.75 Å². The van der Waals surface area contributed by atoms with Gasteiger partial charge in [0.15, 0.2) is 0 Å². The van der Waals surface area contributed by atoms with Gasteiger partial charge in [-0.3, -0.25) is 0 Å². The van der Waals surface area contributed by atoms with Crippen molar-refractivity contribution in [2.24, 2.45) is 0 Å². The molecule has 0 spiro atoms. The topological polar surface area (TPSA) is 58.3 Å². The second kappa shape index (κ2) is 4.74. The fourth-order valence-electron chi connectivity index (χ4n) is 2.25. The van der Waals surface area contributed by atoms with Gasteiger partial charge in [0, 0.05) is 12.1 Å². The van der Waals surface area contributed by atoms with Crippen LogP contribution in [0.2, 0.25) is 0 Å². The summed E-state index contributed by atoms with van der Waals surface area (Å²) >= 11 is 0. The van der Waals surface area contributed by atoms with E-state index in [2.05, 4.69) is 4.98 Å².